The van der Waals surface area contributed by atoms with E-state index in [-0.39, 0.29) is 0 Å². The summed E-state index contributed by atoms with van der Waals surface area (Å²) in [7, 11) is 0. The molecule has 1 aliphatic heterocycles. The lowest BCUT2D eigenvalue weighted by Crippen LogP contribution is -2.31. The van der Waals surface area contributed by atoms with Gasteiger partial charge >= 0.3 is 0 Å². The second-order valence-corrected chi connectivity index (χ2v) is 6.04. The Balaban J connectivity index is 1.69. The topological polar surface area (TPSA) is 64.3 Å². The molecule has 0 saturated carbocycles. The molecule has 122 valence electrons. The van der Waals surface area contributed by atoms with Gasteiger partial charge in [-0.2, -0.15) is 4.98 Å². The maximum Gasteiger partial charge on any atom is 0.248 e. The third-order valence-electron chi connectivity index (χ3n) is 4.44. The van der Waals surface area contributed by atoms with E-state index in [1.165, 1.54) is 25.6 Å². The molecular formula is C19H20N4O. The van der Waals surface area contributed by atoms with Gasteiger partial charge in [0.05, 0.1) is 0 Å². The van der Waals surface area contributed by atoms with Crippen molar-refractivity contribution in [3.63, 3.8) is 0 Å². The van der Waals surface area contributed by atoms with Crippen LogP contribution in [0.1, 0.15) is 19.3 Å². The van der Waals surface area contributed by atoms with E-state index in [2.05, 4.69) is 27.0 Å². The second kappa shape index (κ2) is 6.35. The number of nitrogen functional groups attached to an aromatic ring is 1. The lowest BCUT2D eigenvalue weighted by Gasteiger charge is -2.28. The smallest absolute Gasteiger partial charge is 0.248 e. The van der Waals surface area contributed by atoms with Crippen LogP contribution in [-0.4, -0.2) is 23.1 Å². The molecule has 2 aromatic carbocycles. The molecule has 2 heterocycles. The number of piperidine rings is 1. The highest BCUT2D eigenvalue weighted by molar-refractivity contribution is 5.88. The fraction of sp³-hybridized carbons (Fsp3) is 0.263. The predicted octanol–water partition coefficient (Wildman–Crippen LogP) is 3.99. The molecule has 4 rings (SSSR count). The fourth-order valence-corrected chi connectivity index (χ4v) is 3.20. The Hall–Kier alpha value is -2.82. The van der Waals surface area contributed by atoms with Crippen LogP contribution in [0.15, 0.2) is 48.8 Å². The molecule has 0 radical (unpaired) electrons. The molecule has 5 nitrogen and oxygen atoms in total. The molecule has 3 aromatic rings. The Morgan fingerprint density at radius 2 is 1.71 bits per heavy atom. The van der Waals surface area contributed by atoms with E-state index in [0.717, 1.165) is 35.4 Å². The van der Waals surface area contributed by atoms with Gasteiger partial charge in [-0.05, 0) is 30.7 Å². The first-order valence-electron chi connectivity index (χ1n) is 8.34. The van der Waals surface area contributed by atoms with Gasteiger partial charge in [0.15, 0.2) is 5.82 Å². The lowest BCUT2D eigenvalue weighted by atomic mass is 10.1. The number of aromatic nitrogens is 2. The van der Waals surface area contributed by atoms with Gasteiger partial charge in [0, 0.05) is 18.5 Å². The van der Waals surface area contributed by atoms with Crippen molar-refractivity contribution in [1.29, 1.82) is 0 Å². The first-order chi connectivity index (χ1) is 11.8. The van der Waals surface area contributed by atoms with E-state index in [4.69, 9.17) is 10.5 Å². The molecule has 0 aliphatic carbocycles. The molecule has 0 spiro atoms. The van der Waals surface area contributed by atoms with Crippen molar-refractivity contribution in [3.8, 4) is 11.6 Å². The summed E-state index contributed by atoms with van der Waals surface area (Å²) in [5.41, 5.74) is 6.82. The quantitative estimate of drug-likeness (QED) is 0.790. The number of nitrogens with two attached hydrogens (primary N) is 1. The summed E-state index contributed by atoms with van der Waals surface area (Å²) < 4.78 is 6.05. The number of nitrogens with zero attached hydrogens (tertiary/aromatic N) is 3. The Morgan fingerprint density at radius 1 is 0.917 bits per heavy atom. The van der Waals surface area contributed by atoms with Crippen molar-refractivity contribution in [3.05, 3.63) is 48.8 Å². The highest BCUT2D eigenvalue weighted by atomic mass is 16.5. The molecule has 1 fully saturated rings. The number of hydrogen-bond acceptors (Lipinski definition) is 5. The summed E-state index contributed by atoms with van der Waals surface area (Å²) in [5.74, 6) is 1.95. The summed E-state index contributed by atoms with van der Waals surface area (Å²) in [6, 6.07) is 14.1. The van der Waals surface area contributed by atoms with Crippen LogP contribution < -0.4 is 15.4 Å². The zero-order chi connectivity index (χ0) is 16.4. The number of anilines is 2. The molecule has 2 N–H and O–H groups in total. The first-order valence-corrected chi connectivity index (χ1v) is 8.34. The van der Waals surface area contributed by atoms with Gasteiger partial charge in [0.1, 0.15) is 17.8 Å². The van der Waals surface area contributed by atoms with Crippen molar-refractivity contribution in [2.75, 3.05) is 23.7 Å². The molecule has 0 unspecified atom stereocenters. The average molecular weight is 320 g/mol. The average Bonchev–Trinajstić information content (AvgIpc) is 2.64. The summed E-state index contributed by atoms with van der Waals surface area (Å²) in [5, 5.41) is 2.16. The maximum atomic E-state index is 6.31. The number of hydrogen-bond donors (Lipinski definition) is 1. The SMILES string of the molecule is Nc1c(Oc2cccc3ccccc23)ncnc1N1CCCCC1. The van der Waals surface area contributed by atoms with Crippen molar-refractivity contribution >= 4 is 22.3 Å². The van der Waals surface area contributed by atoms with Crippen LogP contribution in [0.4, 0.5) is 11.5 Å². The largest absolute Gasteiger partial charge is 0.436 e. The number of benzene rings is 2. The van der Waals surface area contributed by atoms with Crippen molar-refractivity contribution in [2.45, 2.75) is 19.3 Å². The minimum atomic E-state index is 0.418. The standard InChI is InChI=1S/C19H20N4O/c20-17-18(23-11-4-1-5-12-23)21-13-22-19(17)24-16-10-6-8-14-7-2-3-9-15(14)16/h2-3,6-10,13H,1,4-5,11-12,20H2. The van der Waals surface area contributed by atoms with Gasteiger partial charge in [-0.15, -0.1) is 0 Å². The van der Waals surface area contributed by atoms with E-state index < -0.39 is 0 Å². The molecule has 5 heteroatoms. The van der Waals surface area contributed by atoms with E-state index in [1.807, 2.05) is 30.3 Å². The van der Waals surface area contributed by atoms with Crippen LogP contribution in [-0.2, 0) is 0 Å². The third kappa shape index (κ3) is 2.73. The lowest BCUT2D eigenvalue weighted by molar-refractivity contribution is 0.468. The minimum absolute atomic E-state index is 0.418. The number of rotatable bonds is 3. The number of fused-ring (bicyclic) bond motifs is 1. The minimum Gasteiger partial charge on any atom is -0.436 e. The predicted molar refractivity (Wildman–Crippen MR) is 96.5 cm³/mol. The second-order valence-electron chi connectivity index (χ2n) is 6.04. The van der Waals surface area contributed by atoms with Crippen molar-refractivity contribution < 1.29 is 4.74 Å². The molecule has 0 bridgehead atoms. The Bertz CT molecular complexity index is 854. The van der Waals surface area contributed by atoms with E-state index in [1.54, 1.807) is 0 Å². The van der Waals surface area contributed by atoms with Gasteiger partial charge in [-0.3, -0.25) is 0 Å². The van der Waals surface area contributed by atoms with Crippen LogP contribution in [0.3, 0.4) is 0 Å². The molecule has 0 atom stereocenters. The normalized spacial score (nSPS) is 14.8. The highest BCUT2D eigenvalue weighted by Crippen LogP contribution is 2.35. The van der Waals surface area contributed by atoms with Crippen LogP contribution in [0.25, 0.3) is 10.8 Å². The monoisotopic (exact) mass is 320 g/mol. The Morgan fingerprint density at radius 3 is 2.58 bits per heavy atom. The maximum absolute atomic E-state index is 6.31. The van der Waals surface area contributed by atoms with Gasteiger partial charge in [0.25, 0.3) is 0 Å². The molecular weight excluding hydrogens is 300 g/mol. The summed E-state index contributed by atoms with van der Waals surface area (Å²) in [6.45, 7) is 1.96. The van der Waals surface area contributed by atoms with E-state index >= 15 is 0 Å². The Labute approximate surface area is 141 Å². The third-order valence-corrected chi connectivity index (χ3v) is 4.44. The van der Waals surface area contributed by atoms with Crippen LogP contribution in [0.5, 0.6) is 11.6 Å². The van der Waals surface area contributed by atoms with Crippen molar-refractivity contribution in [1.82, 2.24) is 9.97 Å². The summed E-state index contributed by atoms with van der Waals surface area (Å²) in [4.78, 5) is 10.8. The molecule has 1 aliphatic rings. The molecule has 1 saturated heterocycles. The van der Waals surface area contributed by atoms with Gasteiger partial charge < -0.3 is 15.4 Å². The van der Waals surface area contributed by atoms with Gasteiger partial charge in [-0.1, -0.05) is 36.4 Å². The summed E-state index contributed by atoms with van der Waals surface area (Å²) >= 11 is 0. The Kier molecular flexibility index (Phi) is 3.91. The van der Waals surface area contributed by atoms with Gasteiger partial charge in [0.2, 0.25) is 5.88 Å². The fourth-order valence-electron chi connectivity index (χ4n) is 3.20. The molecule has 1 aromatic heterocycles. The highest BCUT2D eigenvalue weighted by Gasteiger charge is 2.18. The van der Waals surface area contributed by atoms with Crippen LogP contribution in [0.2, 0.25) is 0 Å². The van der Waals surface area contributed by atoms with Crippen LogP contribution >= 0.6 is 0 Å². The van der Waals surface area contributed by atoms with E-state index in [9.17, 15) is 0 Å². The number of ether oxygens (including phenoxy) is 1. The van der Waals surface area contributed by atoms with Gasteiger partial charge in [-0.25, -0.2) is 4.98 Å². The zero-order valence-corrected chi connectivity index (χ0v) is 13.5. The van der Waals surface area contributed by atoms with Crippen molar-refractivity contribution in [2.24, 2.45) is 0 Å². The molecule has 0 amide bonds. The zero-order valence-electron chi connectivity index (χ0n) is 13.5. The summed E-state index contributed by atoms with van der Waals surface area (Å²) in [6.07, 6.45) is 5.13. The van der Waals surface area contributed by atoms with Crippen LogP contribution in [0, 0.1) is 0 Å². The van der Waals surface area contributed by atoms with E-state index in [0.29, 0.717) is 11.6 Å². The first kappa shape index (κ1) is 14.8. The molecule has 24 heavy (non-hydrogen) atoms.